The van der Waals surface area contributed by atoms with Crippen LogP contribution in [0.15, 0.2) is 30.7 Å². The molecule has 0 saturated carbocycles. The van der Waals surface area contributed by atoms with E-state index in [-0.39, 0.29) is 17.6 Å². The van der Waals surface area contributed by atoms with Crippen molar-refractivity contribution in [3.63, 3.8) is 0 Å². The molecule has 1 heterocycles. The zero-order valence-corrected chi connectivity index (χ0v) is 11.4. The molecule has 0 aliphatic heterocycles. The molecular weight excluding hydrogens is 245 g/mol. The van der Waals surface area contributed by atoms with Gasteiger partial charge in [0.1, 0.15) is 0 Å². The van der Waals surface area contributed by atoms with E-state index in [1.807, 2.05) is 24.7 Å². The average molecular weight is 263 g/mol. The molecule has 0 spiro atoms. The normalized spacial score (nSPS) is 12.4. The molecule has 0 saturated heterocycles. The van der Waals surface area contributed by atoms with Gasteiger partial charge in [0.15, 0.2) is 11.6 Å². The van der Waals surface area contributed by atoms with Crippen LogP contribution in [0.4, 0.5) is 4.39 Å². The number of aryl methyl sites for hydroxylation is 1. The van der Waals surface area contributed by atoms with Crippen molar-refractivity contribution in [2.24, 2.45) is 7.05 Å². The van der Waals surface area contributed by atoms with Crippen LogP contribution in [-0.2, 0) is 7.05 Å². The Morgan fingerprint density at radius 2 is 2.26 bits per heavy atom. The predicted octanol–water partition coefficient (Wildman–Crippen LogP) is 2.27. The van der Waals surface area contributed by atoms with E-state index in [0.29, 0.717) is 5.56 Å². The van der Waals surface area contributed by atoms with Crippen LogP contribution >= 0.6 is 0 Å². The number of rotatable bonds is 5. The minimum atomic E-state index is -0.346. The van der Waals surface area contributed by atoms with Crippen molar-refractivity contribution in [1.82, 2.24) is 14.9 Å². The number of hydrogen-bond donors (Lipinski definition) is 1. The van der Waals surface area contributed by atoms with Crippen molar-refractivity contribution in [3.05, 3.63) is 47.8 Å². The first-order valence-electron chi connectivity index (χ1n) is 6.21. The Bertz CT molecular complexity index is 553. The van der Waals surface area contributed by atoms with Crippen LogP contribution in [0.5, 0.6) is 5.75 Å². The number of methoxy groups -OCH3 is 1. The van der Waals surface area contributed by atoms with Crippen LogP contribution in [0.25, 0.3) is 0 Å². The summed E-state index contributed by atoms with van der Waals surface area (Å²) in [5, 5.41) is 3.25. The Labute approximate surface area is 112 Å². The first-order valence-corrected chi connectivity index (χ1v) is 6.21. The standard InChI is InChI=1S/C14H18FN3O/c1-4-16-14(11-8-18(2)9-17-11)10-6-5-7-12(19-3)13(10)15/h5-9,14,16H,4H2,1-3H3. The number of nitrogens with one attached hydrogen (secondary N) is 1. The van der Waals surface area contributed by atoms with Gasteiger partial charge in [0.05, 0.1) is 25.2 Å². The molecule has 0 aliphatic rings. The Morgan fingerprint density at radius 1 is 1.47 bits per heavy atom. The Morgan fingerprint density at radius 3 is 2.84 bits per heavy atom. The number of hydrogen-bond acceptors (Lipinski definition) is 3. The molecule has 102 valence electrons. The summed E-state index contributed by atoms with van der Waals surface area (Å²) in [4.78, 5) is 4.30. The van der Waals surface area contributed by atoms with E-state index in [4.69, 9.17) is 4.74 Å². The van der Waals surface area contributed by atoms with Gasteiger partial charge in [0, 0.05) is 18.8 Å². The van der Waals surface area contributed by atoms with Crippen molar-refractivity contribution in [3.8, 4) is 5.75 Å². The second-order valence-electron chi connectivity index (χ2n) is 4.32. The molecule has 1 aromatic carbocycles. The molecule has 4 nitrogen and oxygen atoms in total. The average Bonchev–Trinajstić information content (AvgIpc) is 2.83. The molecule has 1 unspecified atom stereocenters. The third kappa shape index (κ3) is 2.76. The SMILES string of the molecule is CCNC(c1cn(C)cn1)c1cccc(OC)c1F. The molecule has 1 N–H and O–H groups in total. The van der Waals surface area contributed by atoms with E-state index in [1.165, 1.54) is 7.11 Å². The highest BCUT2D eigenvalue weighted by Gasteiger charge is 2.21. The fourth-order valence-corrected chi connectivity index (χ4v) is 2.07. The van der Waals surface area contributed by atoms with Gasteiger partial charge in [-0.25, -0.2) is 9.37 Å². The smallest absolute Gasteiger partial charge is 0.170 e. The fourth-order valence-electron chi connectivity index (χ4n) is 2.07. The number of nitrogens with zero attached hydrogens (tertiary/aromatic N) is 2. The van der Waals surface area contributed by atoms with E-state index in [9.17, 15) is 4.39 Å². The molecule has 1 atom stereocenters. The lowest BCUT2D eigenvalue weighted by Crippen LogP contribution is -2.23. The molecule has 2 rings (SSSR count). The van der Waals surface area contributed by atoms with Crippen molar-refractivity contribution < 1.29 is 9.13 Å². The summed E-state index contributed by atoms with van der Waals surface area (Å²) in [5.41, 5.74) is 1.33. The van der Waals surface area contributed by atoms with Crippen molar-refractivity contribution in [2.75, 3.05) is 13.7 Å². The monoisotopic (exact) mass is 263 g/mol. The van der Waals surface area contributed by atoms with Crippen molar-refractivity contribution in [1.29, 1.82) is 0 Å². The zero-order chi connectivity index (χ0) is 13.8. The number of aromatic nitrogens is 2. The van der Waals surface area contributed by atoms with Crippen LogP contribution in [0, 0.1) is 5.82 Å². The molecule has 0 aliphatic carbocycles. The van der Waals surface area contributed by atoms with Gasteiger partial charge in [-0.15, -0.1) is 0 Å². The number of imidazole rings is 1. The van der Waals surface area contributed by atoms with Crippen LogP contribution in [-0.4, -0.2) is 23.2 Å². The summed E-state index contributed by atoms with van der Waals surface area (Å²) < 4.78 is 21.2. The summed E-state index contributed by atoms with van der Waals surface area (Å²) in [6.45, 7) is 2.70. The lowest BCUT2D eigenvalue weighted by Gasteiger charge is -2.18. The zero-order valence-electron chi connectivity index (χ0n) is 11.4. The topological polar surface area (TPSA) is 39.1 Å². The van der Waals surface area contributed by atoms with Gasteiger partial charge >= 0.3 is 0 Å². The quantitative estimate of drug-likeness (QED) is 0.899. The van der Waals surface area contributed by atoms with Gasteiger partial charge in [-0.1, -0.05) is 19.1 Å². The van der Waals surface area contributed by atoms with Gasteiger partial charge in [-0.05, 0) is 12.6 Å². The van der Waals surface area contributed by atoms with E-state index in [0.717, 1.165) is 12.2 Å². The maximum absolute atomic E-state index is 14.3. The third-order valence-electron chi connectivity index (χ3n) is 2.95. The van der Waals surface area contributed by atoms with E-state index >= 15 is 0 Å². The van der Waals surface area contributed by atoms with Gasteiger partial charge in [0.25, 0.3) is 0 Å². The van der Waals surface area contributed by atoms with Crippen LogP contribution in [0.1, 0.15) is 24.2 Å². The minimum Gasteiger partial charge on any atom is -0.494 e. The number of halogens is 1. The first-order chi connectivity index (χ1) is 9.17. The molecule has 2 aromatic rings. The van der Waals surface area contributed by atoms with Crippen LogP contribution < -0.4 is 10.1 Å². The summed E-state index contributed by atoms with van der Waals surface area (Å²) in [5.74, 6) is -0.0991. The molecule has 0 bridgehead atoms. The molecule has 0 fully saturated rings. The van der Waals surface area contributed by atoms with Crippen LogP contribution in [0.3, 0.4) is 0 Å². The summed E-state index contributed by atoms with van der Waals surface area (Å²) in [6, 6.07) is 4.87. The van der Waals surface area contributed by atoms with Gasteiger partial charge in [-0.3, -0.25) is 0 Å². The van der Waals surface area contributed by atoms with E-state index < -0.39 is 0 Å². The van der Waals surface area contributed by atoms with E-state index in [2.05, 4.69) is 10.3 Å². The van der Waals surface area contributed by atoms with Crippen molar-refractivity contribution in [2.45, 2.75) is 13.0 Å². The van der Waals surface area contributed by atoms with Gasteiger partial charge < -0.3 is 14.6 Å². The summed E-state index contributed by atoms with van der Waals surface area (Å²) in [6.07, 6.45) is 3.59. The highest BCUT2D eigenvalue weighted by Crippen LogP contribution is 2.28. The Hall–Kier alpha value is -1.88. The largest absolute Gasteiger partial charge is 0.494 e. The molecule has 0 radical (unpaired) electrons. The highest BCUT2D eigenvalue weighted by atomic mass is 19.1. The molecule has 1 aromatic heterocycles. The molecule has 5 heteroatoms. The second kappa shape index (κ2) is 5.84. The number of ether oxygens (including phenoxy) is 1. The third-order valence-corrected chi connectivity index (χ3v) is 2.95. The van der Waals surface area contributed by atoms with Crippen molar-refractivity contribution >= 4 is 0 Å². The van der Waals surface area contributed by atoms with Gasteiger partial charge in [0.2, 0.25) is 0 Å². The second-order valence-corrected chi connectivity index (χ2v) is 4.32. The summed E-state index contributed by atoms with van der Waals surface area (Å²) >= 11 is 0. The Balaban J connectivity index is 2.44. The van der Waals surface area contributed by atoms with Gasteiger partial charge in [-0.2, -0.15) is 0 Å². The first kappa shape index (κ1) is 13.5. The lowest BCUT2D eigenvalue weighted by atomic mass is 10.0. The highest BCUT2D eigenvalue weighted by molar-refractivity contribution is 5.36. The molecule has 0 amide bonds. The maximum atomic E-state index is 14.3. The molecule has 19 heavy (non-hydrogen) atoms. The predicted molar refractivity (Wildman–Crippen MR) is 71.7 cm³/mol. The maximum Gasteiger partial charge on any atom is 0.170 e. The Kier molecular flexibility index (Phi) is 4.16. The van der Waals surface area contributed by atoms with Crippen LogP contribution in [0.2, 0.25) is 0 Å². The fraction of sp³-hybridized carbons (Fsp3) is 0.357. The lowest BCUT2D eigenvalue weighted by molar-refractivity contribution is 0.381. The number of benzene rings is 1. The summed E-state index contributed by atoms with van der Waals surface area (Å²) in [7, 11) is 3.35. The van der Waals surface area contributed by atoms with E-state index in [1.54, 1.807) is 24.5 Å². The molecular formula is C14H18FN3O. The minimum absolute atomic E-state index is 0.247.